The molecule has 1 aliphatic heterocycles. The maximum Gasteiger partial charge on any atom is 0.303 e. The number of nitrogens with one attached hydrogen (secondary N) is 2. The number of carboxylic acid groups (broad SMARTS) is 1. The minimum atomic E-state index is -0.768. The molecule has 1 aliphatic rings. The van der Waals surface area contributed by atoms with Crippen LogP contribution in [0, 0.1) is 0 Å². The number of aromatic nitrogens is 2. The van der Waals surface area contributed by atoms with Gasteiger partial charge in [-0.2, -0.15) is 5.10 Å². The van der Waals surface area contributed by atoms with Crippen LogP contribution in [0.25, 0.3) is 0 Å². The predicted molar refractivity (Wildman–Crippen MR) is 50.0 cm³/mol. The van der Waals surface area contributed by atoms with Gasteiger partial charge in [-0.1, -0.05) is 0 Å². The van der Waals surface area contributed by atoms with E-state index in [1.54, 1.807) is 0 Å². The number of hydrogen-bond donors (Lipinski definition) is 3. The van der Waals surface area contributed by atoms with Gasteiger partial charge in [0.2, 0.25) is 0 Å². The summed E-state index contributed by atoms with van der Waals surface area (Å²) in [7, 11) is 0. The van der Waals surface area contributed by atoms with Gasteiger partial charge >= 0.3 is 5.97 Å². The van der Waals surface area contributed by atoms with Gasteiger partial charge < -0.3 is 10.4 Å². The molecule has 0 aliphatic carbocycles. The molecule has 0 aromatic carbocycles. The Balaban J connectivity index is 2.10. The summed E-state index contributed by atoms with van der Waals surface area (Å²) in [6, 6.07) is 0. The molecule has 0 amide bonds. The van der Waals surface area contributed by atoms with Crippen molar-refractivity contribution in [1.82, 2.24) is 15.5 Å². The normalized spacial score (nSPS) is 15.1. The third-order valence-electron chi connectivity index (χ3n) is 2.47. The highest BCUT2D eigenvalue weighted by atomic mass is 16.4. The first-order valence-electron chi connectivity index (χ1n) is 4.75. The molecule has 5 heteroatoms. The maximum atomic E-state index is 10.4. The molecule has 2 rings (SSSR count). The summed E-state index contributed by atoms with van der Waals surface area (Å²) in [6.07, 6.45) is 1.63. The van der Waals surface area contributed by atoms with Gasteiger partial charge in [-0.05, 0) is 18.5 Å². The molecule has 0 spiro atoms. The largest absolute Gasteiger partial charge is 0.481 e. The van der Waals surface area contributed by atoms with Crippen LogP contribution in [-0.2, 0) is 24.2 Å². The molecule has 0 atom stereocenters. The molecule has 0 unspecified atom stereocenters. The smallest absolute Gasteiger partial charge is 0.303 e. The van der Waals surface area contributed by atoms with Crippen LogP contribution < -0.4 is 5.32 Å². The molecule has 5 nitrogen and oxygen atoms in total. The van der Waals surface area contributed by atoms with E-state index in [-0.39, 0.29) is 6.42 Å². The van der Waals surface area contributed by atoms with Crippen molar-refractivity contribution in [2.24, 2.45) is 0 Å². The van der Waals surface area contributed by atoms with E-state index in [0.29, 0.717) is 6.42 Å². The van der Waals surface area contributed by atoms with Gasteiger partial charge in [0.25, 0.3) is 0 Å². The quantitative estimate of drug-likeness (QED) is 0.638. The number of nitrogens with zero attached hydrogens (tertiary/aromatic N) is 1. The van der Waals surface area contributed by atoms with Gasteiger partial charge in [-0.15, -0.1) is 0 Å². The fraction of sp³-hybridized carbons (Fsp3) is 0.556. The van der Waals surface area contributed by atoms with Crippen molar-refractivity contribution in [2.45, 2.75) is 25.8 Å². The van der Waals surface area contributed by atoms with Crippen molar-refractivity contribution in [3.63, 3.8) is 0 Å². The lowest BCUT2D eigenvalue weighted by Gasteiger charge is -2.12. The van der Waals surface area contributed by atoms with Crippen LogP contribution in [-0.4, -0.2) is 27.8 Å². The average Bonchev–Trinajstić information content (AvgIpc) is 2.58. The van der Waals surface area contributed by atoms with E-state index >= 15 is 0 Å². The number of aliphatic carboxylic acids is 1. The molecule has 3 N–H and O–H groups in total. The maximum absolute atomic E-state index is 10.4. The number of H-pyrrole nitrogens is 1. The van der Waals surface area contributed by atoms with E-state index in [9.17, 15) is 4.79 Å². The number of fused-ring (bicyclic) bond motifs is 1. The van der Waals surface area contributed by atoms with E-state index in [2.05, 4.69) is 15.5 Å². The van der Waals surface area contributed by atoms with Gasteiger partial charge in [-0.25, -0.2) is 0 Å². The standard InChI is InChI=1S/C9H13N3O2/c13-9(14)2-1-7-6-3-4-10-5-8(6)12-11-7/h10H,1-5H2,(H,11,12)(H,13,14). The van der Waals surface area contributed by atoms with Crippen molar-refractivity contribution in [2.75, 3.05) is 6.54 Å². The highest BCUT2D eigenvalue weighted by molar-refractivity contribution is 5.67. The third kappa shape index (κ3) is 1.77. The number of hydrogen-bond acceptors (Lipinski definition) is 3. The highest BCUT2D eigenvalue weighted by Gasteiger charge is 2.16. The first-order valence-corrected chi connectivity index (χ1v) is 4.75. The second kappa shape index (κ2) is 3.79. The Kier molecular flexibility index (Phi) is 2.49. The summed E-state index contributed by atoms with van der Waals surface area (Å²) in [6.45, 7) is 1.77. The van der Waals surface area contributed by atoms with Gasteiger partial charge in [0.05, 0.1) is 17.8 Å². The number of aryl methyl sites for hydroxylation is 1. The van der Waals surface area contributed by atoms with Crippen LogP contribution in [0.2, 0.25) is 0 Å². The minimum Gasteiger partial charge on any atom is -0.481 e. The SMILES string of the molecule is O=C(O)CCc1n[nH]c2c1CCNC2. The Morgan fingerprint density at radius 2 is 2.43 bits per heavy atom. The highest BCUT2D eigenvalue weighted by Crippen LogP contribution is 2.16. The molecule has 0 fully saturated rings. The van der Waals surface area contributed by atoms with Gasteiger partial charge in [-0.3, -0.25) is 9.89 Å². The molecule has 0 bridgehead atoms. The molecule has 0 saturated carbocycles. The van der Waals surface area contributed by atoms with Gasteiger partial charge in [0.1, 0.15) is 0 Å². The molecular weight excluding hydrogens is 182 g/mol. The first-order chi connectivity index (χ1) is 6.77. The van der Waals surface area contributed by atoms with Gasteiger partial charge in [0, 0.05) is 13.0 Å². The molecule has 0 saturated heterocycles. The van der Waals surface area contributed by atoms with E-state index in [1.165, 1.54) is 5.56 Å². The second-order valence-electron chi connectivity index (χ2n) is 3.45. The van der Waals surface area contributed by atoms with Crippen LogP contribution in [0.15, 0.2) is 0 Å². The number of carbonyl (C=O) groups is 1. The first kappa shape index (κ1) is 9.21. The number of rotatable bonds is 3. The van der Waals surface area contributed by atoms with E-state index in [0.717, 1.165) is 30.9 Å². The Hall–Kier alpha value is -1.36. The predicted octanol–water partition coefficient (Wildman–Crippen LogP) is 0.0726. The number of aromatic amines is 1. The van der Waals surface area contributed by atoms with E-state index in [1.807, 2.05) is 0 Å². The average molecular weight is 195 g/mol. The van der Waals surface area contributed by atoms with Crippen molar-refractivity contribution in [1.29, 1.82) is 0 Å². The van der Waals surface area contributed by atoms with Crippen LogP contribution >= 0.6 is 0 Å². The van der Waals surface area contributed by atoms with Gasteiger partial charge in [0.15, 0.2) is 0 Å². The van der Waals surface area contributed by atoms with Crippen LogP contribution in [0.1, 0.15) is 23.4 Å². The van der Waals surface area contributed by atoms with E-state index < -0.39 is 5.97 Å². The fourth-order valence-corrected chi connectivity index (χ4v) is 1.74. The van der Waals surface area contributed by atoms with Crippen molar-refractivity contribution in [3.05, 3.63) is 17.0 Å². The van der Waals surface area contributed by atoms with Crippen molar-refractivity contribution < 1.29 is 9.90 Å². The lowest BCUT2D eigenvalue weighted by Crippen LogP contribution is -2.23. The van der Waals surface area contributed by atoms with Crippen LogP contribution in [0.4, 0.5) is 0 Å². The summed E-state index contributed by atoms with van der Waals surface area (Å²) in [4.78, 5) is 10.4. The topological polar surface area (TPSA) is 78.0 Å². The lowest BCUT2D eigenvalue weighted by atomic mass is 10.0. The molecular formula is C9H13N3O2. The Labute approximate surface area is 81.5 Å². The Morgan fingerprint density at radius 3 is 3.21 bits per heavy atom. The molecule has 14 heavy (non-hydrogen) atoms. The molecule has 2 heterocycles. The Bertz CT molecular complexity index is 346. The molecule has 0 radical (unpaired) electrons. The zero-order valence-corrected chi connectivity index (χ0v) is 7.84. The van der Waals surface area contributed by atoms with Crippen molar-refractivity contribution >= 4 is 5.97 Å². The zero-order chi connectivity index (χ0) is 9.97. The summed E-state index contributed by atoms with van der Waals surface area (Å²) in [5.74, 6) is -0.768. The van der Waals surface area contributed by atoms with E-state index in [4.69, 9.17) is 5.11 Å². The lowest BCUT2D eigenvalue weighted by molar-refractivity contribution is -0.136. The van der Waals surface area contributed by atoms with Crippen LogP contribution in [0.5, 0.6) is 0 Å². The monoisotopic (exact) mass is 195 g/mol. The zero-order valence-electron chi connectivity index (χ0n) is 7.84. The molecule has 1 aromatic heterocycles. The second-order valence-corrected chi connectivity index (χ2v) is 3.45. The summed E-state index contributed by atoms with van der Waals surface area (Å²) < 4.78 is 0. The van der Waals surface area contributed by atoms with Crippen molar-refractivity contribution in [3.8, 4) is 0 Å². The number of carboxylic acids is 1. The molecule has 76 valence electrons. The summed E-state index contributed by atoms with van der Waals surface area (Å²) >= 11 is 0. The summed E-state index contributed by atoms with van der Waals surface area (Å²) in [5, 5.41) is 18.9. The molecule has 1 aromatic rings. The minimum absolute atomic E-state index is 0.157. The summed E-state index contributed by atoms with van der Waals surface area (Å²) in [5.41, 5.74) is 3.24. The third-order valence-corrected chi connectivity index (χ3v) is 2.47. The fourth-order valence-electron chi connectivity index (χ4n) is 1.74. The Morgan fingerprint density at radius 1 is 1.57 bits per heavy atom. The van der Waals surface area contributed by atoms with Crippen LogP contribution in [0.3, 0.4) is 0 Å².